The van der Waals surface area contributed by atoms with Crippen molar-refractivity contribution in [1.29, 1.82) is 0 Å². The van der Waals surface area contributed by atoms with Gasteiger partial charge in [-0.1, -0.05) is 42.0 Å². The number of nitrogens with zero attached hydrogens (tertiary/aromatic N) is 3. The van der Waals surface area contributed by atoms with Crippen molar-refractivity contribution in [3.05, 3.63) is 89.0 Å². The Kier molecular flexibility index (Phi) is 9.88. The molecular formula is C31H32F3N3O7S. The highest BCUT2D eigenvalue weighted by molar-refractivity contribution is 7.89. The molecule has 14 heteroatoms. The van der Waals surface area contributed by atoms with E-state index in [9.17, 15) is 46.2 Å². The van der Waals surface area contributed by atoms with E-state index in [4.69, 9.17) is 0 Å². The third-order valence-corrected chi connectivity index (χ3v) is 9.55. The van der Waals surface area contributed by atoms with Gasteiger partial charge < -0.3 is 20.0 Å². The quantitative estimate of drug-likeness (QED) is 0.349. The third-order valence-electron chi connectivity index (χ3n) is 7.73. The molecule has 0 unspecified atom stereocenters. The van der Waals surface area contributed by atoms with Crippen LogP contribution in [0, 0.1) is 6.92 Å². The van der Waals surface area contributed by atoms with Gasteiger partial charge in [0.15, 0.2) is 0 Å². The molecule has 0 spiro atoms. The van der Waals surface area contributed by atoms with Crippen molar-refractivity contribution in [2.75, 3.05) is 31.6 Å². The molecule has 1 saturated heterocycles. The number of anilines is 1. The smallest absolute Gasteiger partial charge is 0.471 e. The monoisotopic (exact) mass is 647 g/mol. The molecule has 0 aromatic heterocycles. The Bertz CT molecular complexity index is 1670. The average molecular weight is 648 g/mol. The van der Waals surface area contributed by atoms with Gasteiger partial charge in [0.25, 0.3) is 0 Å². The van der Waals surface area contributed by atoms with Gasteiger partial charge >= 0.3 is 18.1 Å². The lowest BCUT2D eigenvalue weighted by molar-refractivity contribution is -0.186. The first-order valence-corrected chi connectivity index (χ1v) is 15.4. The van der Waals surface area contributed by atoms with Crippen molar-refractivity contribution in [2.45, 2.75) is 43.3 Å². The first-order chi connectivity index (χ1) is 21.1. The standard InChI is InChI=1S/C31H32F3N3O7S/c1-20-3-10-25(11-4-20)45(43,44)35(2)19-28(39)37(24-9-12-26(29(40)41)27(38)17-24)18-21-5-7-22(8-6-21)23-13-15-36(16-14-23)30(42)31(32,33)34/h3-12,17,23,38H,13-16,18-19H2,1-2H3,(H,40,41). The Labute approximate surface area is 258 Å². The number of sulfonamides is 1. The van der Waals surface area contributed by atoms with Crippen LogP contribution in [0.25, 0.3) is 0 Å². The summed E-state index contributed by atoms with van der Waals surface area (Å²) in [5.41, 5.74) is 2.08. The van der Waals surface area contributed by atoms with E-state index >= 15 is 0 Å². The summed E-state index contributed by atoms with van der Waals surface area (Å²) in [4.78, 5) is 38.6. The summed E-state index contributed by atoms with van der Waals surface area (Å²) in [6, 6.07) is 16.7. The lowest BCUT2D eigenvalue weighted by Crippen LogP contribution is -2.45. The van der Waals surface area contributed by atoms with Crippen LogP contribution in [0.3, 0.4) is 0 Å². The predicted octanol–water partition coefficient (Wildman–Crippen LogP) is 4.52. The molecule has 240 valence electrons. The zero-order valence-corrected chi connectivity index (χ0v) is 25.3. The Morgan fingerprint density at radius 3 is 2.09 bits per heavy atom. The molecular weight excluding hydrogens is 615 g/mol. The Hall–Kier alpha value is -4.43. The van der Waals surface area contributed by atoms with E-state index in [-0.39, 0.29) is 41.7 Å². The molecule has 4 rings (SSSR count). The van der Waals surface area contributed by atoms with Gasteiger partial charge in [-0.15, -0.1) is 0 Å². The summed E-state index contributed by atoms with van der Waals surface area (Å²) >= 11 is 0. The molecule has 1 heterocycles. The van der Waals surface area contributed by atoms with E-state index in [1.54, 1.807) is 36.4 Å². The number of alkyl halides is 3. The zero-order chi connectivity index (χ0) is 33.1. The van der Waals surface area contributed by atoms with E-state index in [1.165, 1.54) is 30.1 Å². The summed E-state index contributed by atoms with van der Waals surface area (Å²) in [5, 5.41) is 19.6. The molecule has 1 fully saturated rings. The second-order valence-corrected chi connectivity index (χ2v) is 12.9. The molecule has 1 aliphatic rings. The largest absolute Gasteiger partial charge is 0.507 e. The SMILES string of the molecule is Cc1ccc(S(=O)(=O)N(C)CC(=O)N(Cc2ccc(C3CCN(C(=O)C(F)(F)F)CC3)cc2)c2ccc(C(=O)O)c(O)c2)cc1. The number of likely N-dealkylation sites (N-methyl/N-ethyl adjacent to an activating group) is 1. The summed E-state index contributed by atoms with van der Waals surface area (Å²) in [6.07, 6.45) is -4.21. The number of hydrogen-bond acceptors (Lipinski definition) is 6. The normalized spacial score (nSPS) is 14.4. The molecule has 2 N–H and O–H groups in total. The number of carbonyl (C=O) groups is 3. The average Bonchev–Trinajstić information content (AvgIpc) is 2.99. The topological polar surface area (TPSA) is 136 Å². The van der Waals surface area contributed by atoms with Gasteiger partial charge in [0.1, 0.15) is 11.3 Å². The van der Waals surface area contributed by atoms with Crippen LogP contribution in [0.5, 0.6) is 5.75 Å². The lowest BCUT2D eigenvalue weighted by Gasteiger charge is -2.32. The lowest BCUT2D eigenvalue weighted by atomic mass is 9.89. The van der Waals surface area contributed by atoms with E-state index in [2.05, 4.69) is 0 Å². The third kappa shape index (κ3) is 7.81. The molecule has 0 atom stereocenters. The van der Waals surface area contributed by atoms with Crippen molar-refractivity contribution in [3.8, 4) is 5.75 Å². The van der Waals surface area contributed by atoms with Crippen molar-refractivity contribution < 1.29 is 46.2 Å². The molecule has 0 saturated carbocycles. The number of amides is 2. The minimum Gasteiger partial charge on any atom is -0.507 e. The number of piperidine rings is 1. The number of carboxylic acids is 1. The highest BCUT2D eigenvalue weighted by atomic mass is 32.2. The molecule has 2 amide bonds. The molecule has 0 aliphatic carbocycles. The molecule has 10 nitrogen and oxygen atoms in total. The molecule has 1 aliphatic heterocycles. The van der Waals surface area contributed by atoms with E-state index in [1.807, 2.05) is 6.92 Å². The number of likely N-dealkylation sites (tertiary alicyclic amines) is 1. The van der Waals surface area contributed by atoms with Crippen LogP contribution >= 0.6 is 0 Å². The maximum atomic E-state index is 13.6. The van der Waals surface area contributed by atoms with Crippen LogP contribution in [0.15, 0.2) is 71.6 Å². The summed E-state index contributed by atoms with van der Waals surface area (Å²) in [6.45, 7) is 1.12. The fraction of sp³-hybridized carbons (Fsp3) is 0.323. The van der Waals surface area contributed by atoms with Crippen LogP contribution in [0.1, 0.15) is 45.8 Å². The molecule has 45 heavy (non-hydrogen) atoms. The van der Waals surface area contributed by atoms with Gasteiger partial charge in [-0.05, 0) is 61.1 Å². The van der Waals surface area contributed by atoms with Crippen LogP contribution in [0.2, 0.25) is 0 Å². The van der Waals surface area contributed by atoms with E-state index in [0.717, 1.165) is 32.5 Å². The molecule has 0 bridgehead atoms. The van der Waals surface area contributed by atoms with Gasteiger partial charge in [0.2, 0.25) is 15.9 Å². The number of hydrogen-bond donors (Lipinski definition) is 2. The van der Waals surface area contributed by atoms with Gasteiger partial charge in [-0.2, -0.15) is 17.5 Å². The second-order valence-electron chi connectivity index (χ2n) is 10.9. The number of carbonyl (C=O) groups excluding carboxylic acids is 2. The van der Waals surface area contributed by atoms with Crippen molar-refractivity contribution in [3.63, 3.8) is 0 Å². The number of rotatable bonds is 9. The maximum absolute atomic E-state index is 13.6. The van der Waals surface area contributed by atoms with E-state index < -0.39 is 46.3 Å². The van der Waals surface area contributed by atoms with Crippen LogP contribution in [-0.4, -0.2) is 78.5 Å². The number of benzene rings is 3. The second kappa shape index (κ2) is 13.3. The first kappa shape index (κ1) is 33.5. The zero-order valence-electron chi connectivity index (χ0n) is 24.5. The van der Waals surface area contributed by atoms with Gasteiger partial charge in [-0.25, -0.2) is 13.2 Å². The highest BCUT2D eigenvalue weighted by Crippen LogP contribution is 2.31. The van der Waals surface area contributed by atoms with E-state index in [0.29, 0.717) is 18.4 Å². The number of aromatic hydroxyl groups is 1. The molecule has 3 aromatic carbocycles. The summed E-state index contributed by atoms with van der Waals surface area (Å²) < 4.78 is 65.5. The molecule has 3 aromatic rings. The van der Waals surface area contributed by atoms with Gasteiger partial charge in [0.05, 0.1) is 18.0 Å². The number of aryl methyl sites for hydroxylation is 1. The minimum absolute atomic E-state index is 0.00241. The molecule has 0 radical (unpaired) electrons. The highest BCUT2D eigenvalue weighted by Gasteiger charge is 2.43. The predicted molar refractivity (Wildman–Crippen MR) is 158 cm³/mol. The summed E-state index contributed by atoms with van der Waals surface area (Å²) in [7, 11) is -2.77. The maximum Gasteiger partial charge on any atom is 0.471 e. The van der Waals surface area contributed by atoms with Gasteiger partial charge in [0, 0.05) is 31.9 Å². The van der Waals surface area contributed by atoms with Crippen LogP contribution in [-0.2, 0) is 26.2 Å². The number of aromatic carboxylic acids is 1. The van der Waals surface area contributed by atoms with Crippen LogP contribution < -0.4 is 4.90 Å². The number of phenols is 1. The van der Waals surface area contributed by atoms with Crippen molar-refractivity contribution in [2.24, 2.45) is 0 Å². The first-order valence-electron chi connectivity index (χ1n) is 13.9. The Morgan fingerprint density at radius 1 is 0.956 bits per heavy atom. The van der Waals surface area contributed by atoms with Gasteiger partial charge in [-0.3, -0.25) is 9.59 Å². The van der Waals surface area contributed by atoms with Crippen molar-refractivity contribution in [1.82, 2.24) is 9.21 Å². The number of halogens is 3. The summed E-state index contributed by atoms with van der Waals surface area (Å²) in [5.74, 6) is -4.52. The Morgan fingerprint density at radius 2 is 1.56 bits per heavy atom. The van der Waals surface area contributed by atoms with Crippen LogP contribution in [0.4, 0.5) is 18.9 Å². The fourth-order valence-corrected chi connectivity index (χ4v) is 6.24. The van der Waals surface area contributed by atoms with Crippen molar-refractivity contribution >= 4 is 33.5 Å². The Balaban J connectivity index is 1.54. The number of carboxylic acid groups (broad SMARTS) is 1. The fourth-order valence-electron chi connectivity index (χ4n) is 5.12. The minimum atomic E-state index is -4.91.